The minimum atomic E-state index is 0.820. The zero-order valence-corrected chi connectivity index (χ0v) is 18.0. The van der Waals surface area contributed by atoms with Crippen LogP contribution in [0.3, 0.4) is 0 Å². The van der Waals surface area contributed by atoms with Crippen LogP contribution in [0.2, 0.25) is 0 Å². The van der Waals surface area contributed by atoms with Crippen molar-refractivity contribution in [3.63, 3.8) is 0 Å². The molecule has 0 N–H and O–H groups in total. The molecule has 2 aromatic rings. The number of halogens is 1. The number of hydrogen-bond acceptors (Lipinski definition) is 4. The minimum Gasteiger partial charge on any atom is -0.494 e. The van der Waals surface area contributed by atoms with E-state index in [1.807, 2.05) is 0 Å². The van der Waals surface area contributed by atoms with E-state index < -0.39 is 0 Å². The molecule has 0 saturated heterocycles. The Hall–Kier alpha value is -0.230. The Bertz CT molecular complexity index is 618. The van der Waals surface area contributed by atoms with Gasteiger partial charge in [0.15, 0.2) is 0 Å². The molecule has 0 aliphatic rings. The normalized spacial score (nSPS) is 10.9. The van der Waals surface area contributed by atoms with Gasteiger partial charge in [0.25, 0.3) is 0 Å². The van der Waals surface area contributed by atoms with Crippen LogP contribution in [0, 0.1) is 3.82 Å². The van der Waals surface area contributed by atoms with Crippen molar-refractivity contribution in [1.82, 2.24) is 0 Å². The highest BCUT2D eigenvalue weighted by molar-refractivity contribution is 9.09. The summed E-state index contributed by atoms with van der Waals surface area (Å²) in [5.74, 6) is 0.965. The van der Waals surface area contributed by atoms with Gasteiger partial charge in [0.2, 0.25) is 0 Å². The lowest BCUT2D eigenvalue weighted by Crippen LogP contribution is -1.97. The highest BCUT2D eigenvalue weighted by atomic mass is 79.9. The largest absolute Gasteiger partial charge is 0.494 e. The van der Waals surface area contributed by atoms with Crippen LogP contribution in [-0.4, -0.2) is 11.9 Å². The number of unbranched alkanes of at least 4 members (excludes halogenated alkanes) is 7. The third-order valence-corrected chi connectivity index (χ3v) is 7.37. The first-order valence-corrected chi connectivity index (χ1v) is 12.4. The second-order valence-electron chi connectivity index (χ2n) is 5.88. The van der Waals surface area contributed by atoms with Crippen LogP contribution in [-0.2, 0) is 0 Å². The van der Waals surface area contributed by atoms with Crippen molar-refractivity contribution in [3.05, 3.63) is 34.2 Å². The molecule has 1 aromatic heterocycles. The van der Waals surface area contributed by atoms with Gasteiger partial charge in [-0.1, -0.05) is 87.4 Å². The highest BCUT2D eigenvalue weighted by Crippen LogP contribution is 2.30. The maximum absolute atomic E-state index is 5.84. The molecule has 0 unspecified atom stereocenters. The van der Waals surface area contributed by atoms with E-state index >= 15 is 0 Å². The molecule has 2 rings (SSSR count). The first kappa shape index (κ1) is 20.1. The van der Waals surface area contributed by atoms with Gasteiger partial charge >= 0.3 is 0 Å². The molecule has 0 bridgehead atoms. The predicted octanol–water partition coefficient (Wildman–Crippen LogP) is 8.10. The lowest BCUT2D eigenvalue weighted by molar-refractivity contribution is 0.304. The first-order valence-electron chi connectivity index (χ1n) is 8.69. The predicted molar refractivity (Wildman–Crippen MR) is 115 cm³/mol. The fourth-order valence-electron chi connectivity index (χ4n) is 2.54. The zero-order valence-electron chi connectivity index (χ0n) is 14.0. The quantitative estimate of drug-likeness (QED) is 0.141. The van der Waals surface area contributed by atoms with Crippen LogP contribution in [0.15, 0.2) is 30.3 Å². The van der Waals surface area contributed by atoms with Gasteiger partial charge in [-0.3, -0.25) is 0 Å². The molecule has 0 saturated carbocycles. The summed E-state index contributed by atoms with van der Waals surface area (Å²) in [5, 5.41) is 1.15. The van der Waals surface area contributed by atoms with E-state index in [9.17, 15) is 0 Å². The topological polar surface area (TPSA) is 9.23 Å². The molecule has 1 aromatic carbocycles. The minimum absolute atomic E-state index is 0.820. The smallest absolute Gasteiger partial charge is 0.119 e. The van der Waals surface area contributed by atoms with Gasteiger partial charge in [0.1, 0.15) is 9.57 Å². The standard InChI is InChI=1S/C19H25BrOS3/c20-13-7-5-3-1-2-4-6-8-14-21-17-11-9-16(10-12-17)18-15-19(22)24-23-18/h9-12,15H,1-8,13-14H2. The summed E-state index contributed by atoms with van der Waals surface area (Å²) in [7, 11) is 3.39. The van der Waals surface area contributed by atoms with Gasteiger partial charge in [-0.25, -0.2) is 0 Å². The van der Waals surface area contributed by atoms with Gasteiger partial charge in [0, 0.05) is 10.2 Å². The summed E-state index contributed by atoms with van der Waals surface area (Å²) in [5.41, 5.74) is 1.22. The SMILES string of the molecule is S=c1cc(-c2ccc(OCCCCCCCCCCBr)cc2)ss1. The number of hydrogen-bond donors (Lipinski definition) is 0. The highest BCUT2D eigenvalue weighted by Gasteiger charge is 2.01. The first-order chi connectivity index (χ1) is 11.8. The van der Waals surface area contributed by atoms with E-state index in [-0.39, 0.29) is 0 Å². The lowest BCUT2D eigenvalue weighted by Gasteiger charge is -2.07. The summed E-state index contributed by atoms with van der Waals surface area (Å²) in [6.07, 6.45) is 10.6. The third-order valence-electron chi connectivity index (χ3n) is 3.90. The lowest BCUT2D eigenvalue weighted by atomic mass is 10.1. The van der Waals surface area contributed by atoms with Crippen molar-refractivity contribution < 1.29 is 4.74 Å². The van der Waals surface area contributed by atoms with Crippen molar-refractivity contribution in [2.75, 3.05) is 11.9 Å². The Labute approximate surface area is 166 Å². The van der Waals surface area contributed by atoms with Crippen molar-refractivity contribution in [2.24, 2.45) is 0 Å². The van der Waals surface area contributed by atoms with Crippen LogP contribution >= 0.6 is 48.8 Å². The molecule has 0 radical (unpaired) electrons. The van der Waals surface area contributed by atoms with Crippen molar-refractivity contribution in [2.45, 2.75) is 51.4 Å². The van der Waals surface area contributed by atoms with Crippen LogP contribution in [0.4, 0.5) is 0 Å². The van der Waals surface area contributed by atoms with Crippen LogP contribution < -0.4 is 4.74 Å². The Morgan fingerprint density at radius 1 is 0.833 bits per heavy atom. The number of ether oxygens (including phenoxy) is 1. The van der Waals surface area contributed by atoms with Crippen LogP contribution in [0.25, 0.3) is 10.4 Å². The Morgan fingerprint density at radius 2 is 1.46 bits per heavy atom. The summed E-state index contributed by atoms with van der Waals surface area (Å²) in [4.78, 5) is 1.24. The Kier molecular flexibility index (Phi) is 10.2. The fourth-order valence-corrected chi connectivity index (χ4v) is 5.33. The van der Waals surface area contributed by atoms with E-state index in [2.05, 4.69) is 46.3 Å². The molecule has 0 atom stereocenters. The summed E-state index contributed by atoms with van der Waals surface area (Å²) in [6.45, 7) is 0.820. The van der Waals surface area contributed by atoms with Crippen molar-refractivity contribution in [1.29, 1.82) is 0 Å². The Morgan fingerprint density at radius 3 is 2.04 bits per heavy atom. The fraction of sp³-hybridized carbons (Fsp3) is 0.526. The van der Waals surface area contributed by atoms with Gasteiger partial charge in [-0.15, -0.1) is 0 Å². The molecule has 1 heterocycles. The molecule has 0 aliphatic carbocycles. The molecule has 0 spiro atoms. The second-order valence-corrected chi connectivity index (χ2v) is 9.59. The molecule has 0 fully saturated rings. The number of alkyl halides is 1. The molecule has 24 heavy (non-hydrogen) atoms. The zero-order chi connectivity index (χ0) is 17.0. The molecule has 0 amide bonds. The maximum atomic E-state index is 5.84. The van der Waals surface area contributed by atoms with Gasteiger partial charge in [-0.05, 0) is 48.7 Å². The molecule has 1 nitrogen and oxygen atoms in total. The van der Waals surface area contributed by atoms with Crippen molar-refractivity contribution in [3.8, 4) is 16.2 Å². The summed E-state index contributed by atoms with van der Waals surface area (Å²) >= 11 is 8.67. The Balaban J connectivity index is 1.56. The number of benzene rings is 1. The van der Waals surface area contributed by atoms with E-state index in [1.54, 1.807) is 20.7 Å². The molecular weight excluding hydrogens is 420 g/mol. The number of rotatable bonds is 12. The van der Waals surface area contributed by atoms with Gasteiger partial charge in [0.05, 0.1) is 6.61 Å². The van der Waals surface area contributed by atoms with Gasteiger partial charge < -0.3 is 4.74 Å². The summed E-state index contributed by atoms with van der Waals surface area (Å²) in [6, 6.07) is 10.4. The van der Waals surface area contributed by atoms with E-state index in [1.165, 1.54) is 55.4 Å². The van der Waals surface area contributed by atoms with Crippen LogP contribution in [0.5, 0.6) is 5.75 Å². The van der Waals surface area contributed by atoms with Gasteiger partial charge in [-0.2, -0.15) is 0 Å². The third kappa shape index (κ3) is 7.77. The monoisotopic (exact) mass is 444 g/mol. The average Bonchev–Trinajstić information content (AvgIpc) is 3.03. The van der Waals surface area contributed by atoms with Crippen molar-refractivity contribution >= 4 is 48.8 Å². The molecule has 132 valence electrons. The van der Waals surface area contributed by atoms with E-state index in [0.29, 0.717) is 0 Å². The maximum Gasteiger partial charge on any atom is 0.119 e. The summed E-state index contributed by atoms with van der Waals surface area (Å²) < 4.78 is 6.80. The molecule has 5 heteroatoms. The second kappa shape index (κ2) is 12.2. The van der Waals surface area contributed by atoms with E-state index in [0.717, 1.165) is 27.9 Å². The molecular formula is C19H25BrOS3. The molecule has 0 aliphatic heterocycles. The van der Waals surface area contributed by atoms with Crippen LogP contribution in [0.1, 0.15) is 51.4 Å². The average molecular weight is 446 g/mol. The van der Waals surface area contributed by atoms with E-state index in [4.69, 9.17) is 17.0 Å².